The maximum atomic E-state index is 12.9. The molecule has 0 fully saturated rings. The highest BCUT2D eigenvalue weighted by atomic mass is 16.7. The van der Waals surface area contributed by atoms with E-state index in [2.05, 4.69) is 4.98 Å². The van der Waals surface area contributed by atoms with E-state index < -0.39 is 5.97 Å². The zero-order valence-electron chi connectivity index (χ0n) is 12.6. The highest BCUT2D eigenvalue weighted by Crippen LogP contribution is 2.34. The fraction of sp³-hybridized carbons (Fsp3) is 0.118. The highest BCUT2D eigenvalue weighted by molar-refractivity contribution is 5.88. The van der Waals surface area contributed by atoms with Crippen LogP contribution >= 0.6 is 0 Å². The van der Waals surface area contributed by atoms with Crippen molar-refractivity contribution in [2.45, 2.75) is 6.92 Å². The number of aromatic nitrogens is 2. The first-order valence-corrected chi connectivity index (χ1v) is 7.21. The van der Waals surface area contributed by atoms with Crippen molar-refractivity contribution in [3.8, 4) is 17.2 Å². The van der Waals surface area contributed by atoms with Gasteiger partial charge in [0.25, 0.3) is 5.56 Å². The normalized spacial score (nSPS) is 12.5. The molecule has 2 aromatic carbocycles. The maximum Gasteiger partial charge on any atom is 0.335 e. The molecule has 1 aliphatic heterocycles. The molecule has 0 amide bonds. The van der Waals surface area contributed by atoms with Gasteiger partial charge in [0.2, 0.25) is 6.79 Å². The molecule has 24 heavy (non-hydrogen) atoms. The summed E-state index contributed by atoms with van der Waals surface area (Å²) < 4.78 is 12.1. The second-order valence-electron chi connectivity index (χ2n) is 5.37. The average molecular weight is 324 g/mol. The Kier molecular flexibility index (Phi) is 3.02. The van der Waals surface area contributed by atoms with E-state index in [0.717, 1.165) is 0 Å². The van der Waals surface area contributed by atoms with Crippen LogP contribution in [0.4, 0.5) is 0 Å². The van der Waals surface area contributed by atoms with E-state index in [9.17, 15) is 9.59 Å². The lowest BCUT2D eigenvalue weighted by Gasteiger charge is -2.11. The fourth-order valence-electron chi connectivity index (χ4n) is 2.74. The van der Waals surface area contributed by atoms with Crippen LogP contribution in [0.2, 0.25) is 0 Å². The van der Waals surface area contributed by atoms with Crippen molar-refractivity contribution >= 4 is 16.9 Å². The lowest BCUT2D eigenvalue weighted by Crippen LogP contribution is -2.22. The maximum absolute atomic E-state index is 12.9. The van der Waals surface area contributed by atoms with Gasteiger partial charge in [-0.25, -0.2) is 9.78 Å². The van der Waals surface area contributed by atoms with Crippen LogP contribution in [0, 0.1) is 6.92 Å². The number of hydrogen-bond donors (Lipinski definition) is 1. The Hall–Kier alpha value is -3.35. The quantitative estimate of drug-likeness (QED) is 0.776. The summed E-state index contributed by atoms with van der Waals surface area (Å²) in [7, 11) is 0. The van der Waals surface area contributed by atoms with Gasteiger partial charge in [-0.2, -0.15) is 0 Å². The Labute approximate surface area is 135 Å². The molecule has 120 valence electrons. The Morgan fingerprint density at radius 1 is 1.17 bits per heavy atom. The lowest BCUT2D eigenvalue weighted by atomic mass is 10.2. The molecule has 1 aromatic heterocycles. The number of aromatic carboxylic acids is 1. The number of fused-ring (bicyclic) bond motifs is 2. The number of carboxylic acids is 1. The van der Waals surface area contributed by atoms with Gasteiger partial charge in [-0.3, -0.25) is 9.36 Å². The van der Waals surface area contributed by atoms with E-state index in [1.165, 1.54) is 16.7 Å². The molecule has 0 saturated carbocycles. The Morgan fingerprint density at radius 2 is 1.83 bits per heavy atom. The van der Waals surface area contributed by atoms with Crippen molar-refractivity contribution in [2.24, 2.45) is 0 Å². The second kappa shape index (κ2) is 5.09. The summed E-state index contributed by atoms with van der Waals surface area (Å²) in [6.07, 6.45) is 0. The van der Waals surface area contributed by atoms with Gasteiger partial charge in [0.15, 0.2) is 11.5 Å². The summed E-state index contributed by atoms with van der Waals surface area (Å²) in [5.41, 5.74) is 0.982. The van der Waals surface area contributed by atoms with Gasteiger partial charge < -0.3 is 14.6 Å². The molecule has 7 heteroatoms. The van der Waals surface area contributed by atoms with E-state index in [1.807, 2.05) is 0 Å². The first kappa shape index (κ1) is 14.3. The van der Waals surface area contributed by atoms with Gasteiger partial charge in [0, 0.05) is 6.07 Å². The smallest absolute Gasteiger partial charge is 0.335 e. The van der Waals surface area contributed by atoms with Gasteiger partial charge in [-0.05, 0) is 37.3 Å². The van der Waals surface area contributed by atoms with Gasteiger partial charge >= 0.3 is 5.97 Å². The largest absolute Gasteiger partial charge is 0.478 e. The third kappa shape index (κ3) is 2.10. The van der Waals surface area contributed by atoms with Crippen molar-refractivity contribution in [3.05, 3.63) is 58.1 Å². The van der Waals surface area contributed by atoms with Crippen molar-refractivity contribution in [1.82, 2.24) is 9.55 Å². The SMILES string of the molecule is Cc1nc2cc3c(cc2c(=O)n1-c1ccc(C(=O)O)cc1)OCO3. The monoisotopic (exact) mass is 324 g/mol. The number of hydrogen-bond acceptors (Lipinski definition) is 5. The Balaban J connectivity index is 1.94. The number of carboxylic acid groups (broad SMARTS) is 1. The minimum Gasteiger partial charge on any atom is -0.478 e. The molecule has 0 bridgehead atoms. The summed E-state index contributed by atoms with van der Waals surface area (Å²) in [5, 5.41) is 9.39. The van der Waals surface area contributed by atoms with Gasteiger partial charge in [-0.1, -0.05) is 0 Å². The van der Waals surface area contributed by atoms with Gasteiger partial charge in [-0.15, -0.1) is 0 Å². The molecule has 0 atom stereocenters. The number of nitrogens with zero attached hydrogens (tertiary/aromatic N) is 2. The molecule has 3 aromatic rings. The van der Waals surface area contributed by atoms with Crippen molar-refractivity contribution in [3.63, 3.8) is 0 Å². The second-order valence-corrected chi connectivity index (χ2v) is 5.37. The van der Waals surface area contributed by atoms with Crippen LogP contribution < -0.4 is 15.0 Å². The van der Waals surface area contributed by atoms with Crippen molar-refractivity contribution < 1.29 is 19.4 Å². The number of rotatable bonds is 2. The molecular weight excluding hydrogens is 312 g/mol. The number of aryl methyl sites for hydroxylation is 1. The zero-order chi connectivity index (χ0) is 16.8. The molecule has 0 aliphatic carbocycles. The van der Waals surface area contributed by atoms with E-state index in [0.29, 0.717) is 33.9 Å². The first-order chi connectivity index (χ1) is 11.5. The van der Waals surface area contributed by atoms with E-state index >= 15 is 0 Å². The Bertz CT molecular complexity index is 1040. The summed E-state index contributed by atoms with van der Waals surface area (Å²) in [4.78, 5) is 28.3. The van der Waals surface area contributed by atoms with Gasteiger partial charge in [0.05, 0.1) is 22.2 Å². The zero-order valence-corrected chi connectivity index (χ0v) is 12.6. The van der Waals surface area contributed by atoms with E-state index in [-0.39, 0.29) is 17.9 Å². The van der Waals surface area contributed by atoms with Crippen LogP contribution in [0.1, 0.15) is 16.2 Å². The molecule has 1 N–H and O–H groups in total. The highest BCUT2D eigenvalue weighted by Gasteiger charge is 2.18. The average Bonchev–Trinajstić information content (AvgIpc) is 3.01. The first-order valence-electron chi connectivity index (χ1n) is 7.21. The summed E-state index contributed by atoms with van der Waals surface area (Å²) >= 11 is 0. The third-order valence-electron chi connectivity index (χ3n) is 3.90. The lowest BCUT2D eigenvalue weighted by molar-refractivity contribution is 0.0697. The van der Waals surface area contributed by atoms with Crippen LogP contribution in [-0.4, -0.2) is 27.4 Å². The fourth-order valence-corrected chi connectivity index (χ4v) is 2.74. The van der Waals surface area contributed by atoms with Crippen LogP contribution in [0.25, 0.3) is 16.6 Å². The number of ether oxygens (including phenoxy) is 2. The molecule has 0 unspecified atom stereocenters. The van der Waals surface area contributed by atoms with Gasteiger partial charge in [0.1, 0.15) is 5.82 Å². The predicted octanol–water partition coefficient (Wildman–Crippen LogP) is 2.12. The predicted molar refractivity (Wildman–Crippen MR) is 85.2 cm³/mol. The summed E-state index contributed by atoms with van der Waals surface area (Å²) in [6.45, 7) is 1.84. The minimum atomic E-state index is -1.02. The third-order valence-corrected chi connectivity index (χ3v) is 3.90. The molecule has 4 rings (SSSR count). The van der Waals surface area contributed by atoms with Crippen LogP contribution in [-0.2, 0) is 0 Å². The van der Waals surface area contributed by atoms with Crippen LogP contribution in [0.15, 0.2) is 41.2 Å². The molecule has 0 spiro atoms. The minimum absolute atomic E-state index is 0.121. The molecule has 1 aliphatic rings. The van der Waals surface area contributed by atoms with Crippen LogP contribution in [0.5, 0.6) is 11.5 Å². The van der Waals surface area contributed by atoms with E-state index in [4.69, 9.17) is 14.6 Å². The Morgan fingerprint density at radius 3 is 2.50 bits per heavy atom. The molecular formula is C17H12N2O5. The van der Waals surface area contributed by atoms with Crippen molar-refractivity contribution in [1.29, 1.82) is 0 Å². The molecule has 0 radical (unpaired) electrons. The topological polar surface area (TPSA) is 90.7 Å². The number of benzene rings is 2. The number of carbonyl (C=O) groups is 1. The molecule has 2 heterocycles. The standard InChI is InChI=1S/C17H12N2O5/c1-9-18-13-7-15-14(23-8-24-15)6-12(13)16(20)19(9)11-4-2-10(3-5-11)17(21)22/h2-7H,8H2,1H3,(H,21,22). The van der Waals surface area contributed by atoms with E-state index in [1.54, 1.807) is 31.2 Å². The van der Waals surface area contributed by atoms with Crippen LogP contribution in [0.3, 0.4) is 0 Å². The van der Waals surface area contributed by atoms with Crippen molar-refractivity contribution in [2.75, 3.05) is 6.79 Å². The summed E-state index contributed by atoms with van der Waals surface area (Å²) in [5.74, 6) is 0.555. The molecule has 7 nitrogen and oxygen atoms in total. The molecule has 0 saturated heterocycles. The summed E-state index contributed by atoms with van der Waals surface area (Å²) in [6, 6.07) is 9.37.